The van der Waals surface area contributed by atoms with Crippen LogP contribution in [-0.4, -0.2) is 4.98 Å². The molecule has 2 N–H and O–H groups in total. The molecule has 1 aliphatic rings. The lowest BCUT2D eigenvalue weighted by Gasteiger charge is -2.15. The van der Waals surface area contributed by atoms with Gasteiger partial charge in [-0.1, -0.05) is 13.8 Å². The van der Waals surface area contributed by atoms with Gasteiger partial charge in [-0.05, 0) is 24.7 Å². The first-order chi connectivity index (χ1) is 6.61. The van der Waals surface area contributed by atoms with Crippen LogP contribution in [0.1, 0.15) is 48.9 Å². The van der Waals surface area contributed by atoms with Crippen LogP contribution in [0.25, 0.3) is 0 Å². The molecule has 1 unspecified atom stereocenters. The van der Waals surface area contributed by atoms with Gasteiger partial charge in [0.05, 0.1) is 5.01 Å². The van der Waals surface area contributed by atoms with Gasteiger partial charge in [-0.3, -0.25) is 0 Å². The zero-order valence-corrected chi connectivity index (χ0v) is 11.0. The van der Waals surface area contributed by atoms with E-state index in [1.165, 1.54) is 29.1 Å². The van der Waals surface area contributed by atoms with E-state index in [4.69, 9.17) is 5.73 Å². The summed E-state index contributed by atoms with van der Waals surface area (Å²) in [6.45, 7) is 5.34. The van der Waals surface area contributed by atoms with Crippen molar-refractivity contribution in [1.29, 1.82) is 0 Å². The summed E-state index contributed by atoms with van der Waals surface area (Å²) >= 11 is 1.79. The maximum absolute atomic E-state index is 5.59. The molecule has 1 atom stereocenters. The predicted molar refractivity (Wildman–Crippen MR) is 67.6 cm³/mol. The second kappa shape index (κ2) is 4.81. The van der Waals surface area contributed by atoms with E-state index in [-0.39, 0.29) is 12.4 Å². The monoisotopic (exact) mass is 246 g/mol. The van der Waals surface area contributed by atoms with E-state index in [0.29, 0.717) is 17.9 Å². The second-order valence-corrected chi connectivity index (χ2v) is 6.12. The first-order valence-electron chi connectivity index (χ1n) is 5.25. The number of thiazole rings is 1. The van der Waals surface area contributed by atoms with Crippen molar-refractivity contribution in [2.75, 3.05) is 0 Å². The maximum Gasteiger partial charge on any atom is 0.0959 e. The molecule has 1 aromatic heterocycles. The predicted octanol–water partition coefficient (Wildman–Crippen LogP) is 3.32. The van der Waals surface area contributed by atoms with Crippen molar-refractivity contribution in [3.63, 3.8) is 0 Å². The van der Waals surface area contributed by atoms with E-state index in [2.05, 4.69) is 18.8 Å². The van der Waals surface area contributed by atoms with Gasteiger partial charge in [0.25, 0.3) is 0 Å². The third-order valence-electron chi connectivity index (χ3n) is 3.09. The Morgan fingerprint density at radius 3 is 2.80 bits per heavy atom. The standard InChI is InChI=1S/C11H18N2S.ClH/c1-11(2)4-3-8(5-11)10-13-7-9(6-12)14-10;/h7-8H,3-6,12H2,1-2H3;1H. The first kappa shape index (κ1) is 12.9. The number of hydrogen-bond donors (Lipinski definition) is 1. The topological polar surface area (TPSA) is 38.9 Å². The summed E-state index contributed by atoms with van der Waals surface area (Å²) in [6.07, 6.45) is 5.84. The third kappa shape index (κ3) is 2.92. The van der Waals surface area contributed by atoms with Gasteiger partial charge in [-0.25, -0.2) is 4.98 Å². The van der Waals surface area contributed by atoms with Crippen molar-refractivity contribution in [3.05, 3.63) is 16.1 Å². The van der Waals surface area contributed by atoms with Crippen LogP contribution in [0, 0.1) is 5.41 Å². The average molecular weight is 247 g/mol. The van der Waals surface area contributed by atoms with Gasteiger partial charge >= 0.3 is 0 Å². The summed E-state index contributed by atoms with van der Waals surface area (Å²) in [5.74, 6) is 0.690. The number of hydrogen-bond acceptors (Lipinski definition) is 3. The molecular formula is C11H19ClN2S. The van der Waals surface area contributed by atoms with Crippen LogP contribution in [-0.2, 0) is 6.54 Å². The van der Waals surface area contributed by atoms with E-state index in [9.17, 15) is 0 Å². The fraction of sp³-hybridized carbons (Fsp3) is 0.727. The van der Waals surface area contributed by atoms with Gasteiger partial charge in [0.2, 0.25) is 0 Å². The van der Waals surface area contributed by atoms with E-state index in [1.807, 2.05) is 6.20 Å². The second-order valence-electron chi connectivity index (χ2n) is 4.97. The summed E-state index contributed by atoms with van der Waals surface area (Å²) in [4.78, 5) is 5.69. The number of nitrogens with two attached hydrogens (primary N) is 1. The Morgan fingerprint density at radius 1 is 1.60 bits per heavy atom. The molecule has 1 aromatic rings. The largest absolute Gasteiger partial charge is 0.326 e. The molecule has 0 saturated heterocycles. The Balaban J connectivity index is 0.00000112. The Morgan fingerprint density at radius 2 is 2.33 bits per heavy atom. The molecule has 0 bridgehead atoms. The fourth-order valence-corrected chi connectivity index (χ4v) is 3.18. The van der Waals surface area contributed by atoms with Gasteiger partial charge in [0.15, 0.2) is 0 Å². The molecule has 1 aliphatic carbocycles. The normalized spacial score (nSPS) is 23.8. The summed E-state index contributed by atoms with van der Waals surface area (Å²) < 4.78 is 0. The zero-order chi connectivity index (χ0) is 10.2. The Hall–Kier alpha value is -0.120. The molecule has 2 nitrogen and oxygen atoms in total. The zero-order valence-electron chi connectivity index (χ0n) is 9.32. The number of rotatable bonds is 2. The van der Waals surface area contributed by atoms with E-state index in [1.54, 1.807) is 11.3 Å². The number of halogens is 1. The maximum atomic E-state index is 5.59. The minimum atomic E-state index is 0. The van der Waals surface area contributed by atoms with Crippen molar-refractivity contribution in [3.8, 4) is 0 Å². The highest BCUT2D eigenvalue weighted by molar-refractivity contribution is 7.11. The minimum Gasteiger partial charge on any atom is -0.326 e. The van der Waals surface area contributed by atoms with Crippen LogP contribution in [0.4, 0.5) is 0 Å². The van der Waals surface area contributed by atoms with Crippen LogP contribution >= 0.6 is 23.7 Å². The molecular weight excluding hydrogens is 228 g/mol. The minimum absolute atomic E-state index is 0. The molecule has 0 aromatic carbocycles. The van der Waals surface area contributed by atoms with Gasteiger partial charge in [-0.2, -0.15) is 0 Å². The Bertz CT molecular complexity index is 322. The lowest BCUT2D eigenvalue weighted by molar-refractivity contribution is 0.376. The molecule has 15 heavy (non-hydrogen) atoms. The van der Waals surface area contributed by atoms with Gasteiger partial charge in [0, 0.05) is 23.5 Å². The Labute approximate surface area is 102 Å². The first-order valence-corrected chi connectivity index (χ1v) is 6.07. The van der Waals surface area contributed by atoms with Crippen molar-refractivity contribution in [1.82, 2.24) is 4.98 Å². The summed E-state index contributed by atoms with van der Waals surface area (Å²) in [5, 5.41) is 1.30. The molecule has 1 fully saturated rings. The molecule has 1 saturated carbocycles. The van der Waals surface area contributed by atoms with Gasteiger partial charge < -0.3 is 5.73 Å². The summed E-state index contributed by atoms with van der Waals surface area (Å²) in [7, 11) is 0. The number of nitrogens with zero attached hydrogens (tertiary/aromatic N) is 1. The van der Waals surface area contributed by atoms with Crippen LogP contribution in [0.5, 0.6) is 0 Å². The molecule has 1 heterocycles. The quantitative estimate of drug-likeness (QED) is 0.870. The molecule has 0 spiro atoms. The van der Waals surface area contributed by atoms with E-state index >= 15 is 0 Å². The Kier molecular flexibility index (Phi) is 4.15. The van der Waals surface area contributed by atoms with Crippen molar-refractivity contribution in [2.24, 2.45) is 11.1 Å². The van der Waals surface area contributed by atoms with Crippen molar-refractivity contribution in [2.45, 2.75) is 45.6 Å². The third-order valence-corrected chi connectivity index (χ3v) is 4.27. The molecule has 4 heteroatoms. The number of aromatic nitrogens is 1. The SMILES string of the molecule is CC1(C)CCC(c2ncc(CN)s2)C1.Cl. The summed E-state index contributed by atoms with van der Waals surface area (Å²) in [5.41, 5.74) is 6.10. The molecule has 0 radical (unpaired) electrons. The van der Waals surface area contributed by atoms with Crippen LogP contribution in [0.3, 0.4) is 0 Å². The van der Waals surface area contributed by atoms with Gasteiger partial charge in [-0.15, -0.1) is 23.7 Å². The van der Waals surface area contributed by atoms with E-state index in [0.717, 1.165) is 0 Å². The van der Waals surface area contributed by atoms with Crippen LogP contribution in [0.2, 0.25) is 0 Å². The van der Waals surface area contributed by atoms with Crippen molar-refractivity contribution >= 4 is 23.7 Å². The highest BCUT2D eigenvalue weighted by Crippen LogP contribution is 2.46. The highest BCUT2D eigenvalue weighted by atomic mass is 35.5. The lowest BCUT2D eigenvalue weighted by Crippen LogP contribution is -2.04. The fourth-order valence-electron chi connectivity index (χ4n) is 2.25. The average Bonchev–Trinajstić information content (AvgIpc) is 2.70. The summed E-state index contributed by atoms with van der Waals surface area (Å²) in [6, 6.07) is 0. The molecule has 2 rings (SSSR count). The van der Waals surface area contributed by atoms with Crippen LogP contribution < -0.4 is 5.73 Å². The van der Waals surface area contributed by atoms with Crippen molar-refractivity contribution < 1.29 is 0 Å². The smallest absolute Gasteiger partial charge is 0.0959 e. The molecule has 0 amide bonds. The van der Waals surface area contributed by atoms with E-state index < -0.39 is 0 Å². The molecule has 86 valence electrons. The molecule has 0 aliphatic heterocycles. The highest BCUT2D eigenvalue weighted by Gasteiger charge is 2.33. The lowest BCUT2D eigenvalue weighted by atomic mass is 9.91. The van der Waals surface area contributed by atoms with Gasteiger partial charge in [0.1, 0.15) is 0 Å². The van der Waals surface area contributed by atoms with Crippen LogP contribution in [0.15, 0.2) is 6.20 Å².